The van der Waals surface area contributed by atoms with Crippen molar-refractivity contribution >= 4 is 0 Å². The van der Waals surface area contributed by atoms with Crippen molar-refractivity contribution in [2.45, 2.75) is 0 Å². The Balaban J connectivity index is 0.000000245. The van der Waals surface area contributed by atoms with E-state index in [2.05, 4.69) is 21.3 Å². The first kappa shape index (κ1) is 15.3. The first-order valence-corrected chi connectivity index (χ1v) is 3.91. The number of hydrogen-bond acceptors (Lipinski definition) is 2. The predicted octanol–water partition coefficient (Wildman–Crippen LogP) is -1.97. The van der Waals surface area contributed by atoms with Crippen LogP contribution in [0.4, 0.5) is 0 Å². The van der Waals surface area contributed by atoms with Crippen molar-refractivity contribution in [3.05, 3.63) is 38.5 Å². The fourth-order valence-electron chi connectivity index (χ4n) is 0.684. The van der Waals surface area contributed by atoms with Crippen molar-refractivity contribution in [2.24, 2.45) is 0 Å². The molecule has 6 nitrogen and oxygen atoms in total. The van der Waals surface area contributed by atoms with Gasteiger partial charge in [0.2, 0.25) is 0 Å². The molecule has 0 aromatic carbocycles. The summed E-state index contributed by atoms with van der Waals surface area (Å²) in [5.41, 5.74) is 0. The fourth-order valence-corrected chi connectivity index (χ4v) is 0.684. The summed E-state index contributed by atoms with van der Waals surface area (Å²) in [5.74, 6) is 0. The largest absolute Gasteiger partial charge is 2.00 e. The molecule has 83 valence electrons. The Labute approximate surface area is 101 Å². The van der Waals surface area contributed by atoms with E-state index in [0.29, 0.717) is 12.1 Å². The molecule has 0 spiro atoms. The molecule has 0 aromatic heterocycles. The Bertz CT molecular complexity index is 125. The first-order valence-electron chi connectivity index (χ1n) is 3.91. The maximum atomic E-state index is 8.32. The average Bonchev–Trinajstić information content (AvgIpc) is 2.92. The molecule has 7 heteroatoms. The van der Waals surface area contributed by atoms with Crippen LogP contribution in [0.15, 0.2) is 0 Å². The third kappa shape index (κ3) is 6.44. The van der Waals surface area contributed by atoms with Gasteiger partial charge in [-0.3, -0.25) is 0 Å². The van der Waals surface area contributed by atoms with Crippen LogP contribution >= 0.6 is 0 Å². The van der Waals surface area contributed by atoms with E-state index in [0.717, 1.165) is 0 Å². The number of nitrogens with zero attached hydrogens (tertiary/aromatic N) is 4. The minimum atomic E-state index is -0.0139. The third-order valence-corrected chi connectivity index (χ3v) is 1.35. The summed E-state index contributed by atoms with van der Waals surface area (Å²) in [6.45, 7) is 5.84. The maximum absolute atomic E-state index is 8.32. The van der Waals surface area contributed by atoms with E-state index < -0.39 is 0 Å². The van der Waals surface area contributed by atoms with Gasteiger partial charge in [-0.05, 0) is 0 Å². The van der Waals surface area contributed by atoms with Crippen LogP contribution in [0, 0.1) is 38.5 Å². The van der Waals surface area contributed by atoms with Crippen molar-refractivity contribution in [3.63, 3.8) is 0 Å². The van der Waals surface area contributed by atoms with Crippen LogP contribution in [0.3, 0.4) is 0 Å². The van der Waals surface area contributed by atoms with Gasteiger partial charge in [0.15, 0.2) is 0 Å². The van der Waals surface area contributed by atoms with Gasteiger partial charge in [0.25, 0.3) is 0 Å². The number of aliphatic hydroxyl groups is 2. The normalized spacial score (nSPS) is 22.0. The number of aliphatic hydroxyl groups excluding tert-OH is 2. The first-order chi connectivity index (χ1) is 6.86. The molecule has 2 aliphatic rings. The van der Waals surface area contributed by atoms with Crippen molar-refractivity contribution in [3.8, 4) is 0 Å². The molecule has 2 rings (SSSR count). The van der Waals surface area contributed by atoms with E-state index in [4.69, 9.17) is 10.2 Å². The molecule has 0 atom stereocenters. The molecule has 0 saturated carbocycles. The standard InChI is InChI=1S/2C4H5N2O.Cu/c2*7-2-4-1-5-3-6-4;/h2*1,3,7H,2H2;/q;;+2/i2*5+1,6+1;. The van der Waals surface area contributed by atoms with Crippen LogP contribution in [-0.4, -0.2) is 23.4 Å². The van der Waals surface area contributed by atoms with Gasteiger partial charge in [-0.1, -0.05) is 0 Å². The van der Waals surface area contributed by atoms with Gasteiger partial charge >= 0.3 is 17.1 Å². The van der Waals surface area contributed by atoms with Crippen LogP contribution in [0.2, 0.25) is 0 Å². The number of hydrogen-bond donors (Lipinski definition) is 2. The molecular weight excluding hydrogens is 252 g/mol. The zero-order chi connectivity index (χ0) is 10.2. The van der Waals surface area contributed by atoms with Crippen molar-refractivity contribution in [2.75, 3.05) is 13.2 Å². The van der Waals surface area contributed by atoms with E-state index in [1.165, 1.54) is 26.4 Å². The molecule has 11 radical (unpaired) electrons. The molecule has 2 saturated heterocycles. The zero-order valence-corrected chi connectivity index (χ0v) is 8.65. The van der Waals surface area contributed by atoms with Gasteiger partial charge in [-0.15, -0.1) is 0 Å². The van der Waals surface area contributed by atoms with E-state index in [1.54, 1.807) is 0 Å². The third-order valence-electron chi connectivity index (χ3n) is 1.35. The molecule has 0 aromatic rings. The molecule has 2 aliphatic heterocycles. The topological polar surface area (TPSA) is 96.9 Å². The van der Waals surface area contributed by atoms with Crippen LogP contribution in [-0.2, 0) is 17.1 Å². The van der Waals surface area contributed by atoms with Gasteiger partial charge < -0.3 is 10.2 Å². The van der Waals surface area contributed by atoms with Gasteiger partial charge in [0, 0.05) is 0 Å². The molecular formula is C8H10CuN4O2+2. The maximum Gasteiger partial charge on any atom is 2.00 e. The molecule has 2 fully saturated rings. The molecule has 0 unspecified atom stereocenters. The predicted molar refractivity (Wildman–Crippen MR) is 46.4 cm³/mol. The van der Waals surface area contributed by atoms with Gasteiger partial charge in [0.05, 0.1) is 26.3 Å². The SMILES string of the molecule is OC[C]1[CH][15N][CH][15N]1.OC[C]1[CH][15N][CH][15N]1.[Cu+2]. The summed E-state index contributed by atoms with van der Waals surface area (Å²) in [4.78, 5) is 0. The molecule has 0 amide bonds. The van der Waals surface area contributed by atoms with Crippen molar-refractivity contribution in [1.29, 1.82) is 0 Å². The van der Waals surface area contributed by atoms with E-state index in [1.807, 2.05) is 0 Å². The summed E-state index contributed by atoms with van der Waals surface area (Å²) in [5, 5.41) is 31.2. The van der Waals surface area contributed by atoms with Crippen LogP contribution in [0.5, 0.6) is 0 Å². The van der Waals surface area contributed by atoms with Gasteiger partial charge in [-0.2, -0.15) is 0 Å². The Morgan fingerprint density at radius 1 is 0.867 bits per heavy atom. The smallest absolute Gasteiger partial charge is 0.394 e. The van der Waals surface area contributed by atoms with Crippen molar-refractivity contribution < 1.29 is 27.3 Å². The summed E-state index contributed by atoms with van der Waals surface area (Å²) < 4.78 is 0. The minimum absolute atomic E-state index is 0. The van der Waals surface area contributed by atoms with Crippen molar-refractivity contribution in [1.82, 2.24) is 21.3 Å². The molecule has 2 heterocycles. The quantitative estimate of drug-likeness (QED) is 0.445. The summed E-state index contributed by atoms with van der Waals surface area (Å²) in [6.07, 6.45) is 0. The van der Waals surface area contributed by atoms with Gasteiger partial charge in [-0.25, -0.2) is 21.3 Å². The summed E-state index contributed by atoms with van der Waals surface area (Å²) in [7, 11) is 0. The van der Waals surface area contributed by atoms with Crippen LogP contribution in [0.25, 0.3) is 0 Å². The molecule has 0 bridgehead atoms. The molecule has 0 aliphatic carbocycles. The van der Waals surface area contributed by atoms with Crippen LogP contribution in [0.1, 0.15) is 0 Å². The Kier molecular flexibility index (Phi) is 9.68. The van der Waals surface area contributed by atoms with E-state index in [-0.39, 0.29) is 30.3 Å². The van der Waals surface area contributed by atoms with Gasteiger partial charge in [0.1, 0.15) is 25.4 Å². The summed E-state index contributed by atoms with van der Waals surface area (Å²) in [6, 6.07) is 1.25. The van der Waals surface area contributed by atoms with E-state index >= 15 is 0 Å². The van der Waals surface area contributed by atoms with E-state index in [9.17, 15) is 0 Å². The Hall–Kier alpha value is 0.279. The Morgan fingerprint density at radius 2 is 1.27 bits per heavy atom. The zero-order valence-electron chi connectivity index (χ0n) is 7.71. The molecule has 2 N–H and O–H groups in total. The Morgan fingerprint density at radius 3 is 1.40 bits per heavy atom. The second-order valence-electron chi connectivity index (χ2n) is 2.34. The second-order valence-corrected chi connectivity index (χ2v) is 2.34. The summed E-state index contributed by atoms with van der Waals surface area (Å²) >= 11 is 0. The minimum Gasteiger partial charge on any atom is -0.394 e. The molecule has 15 heavy (non-hydrogen) atoms. The van der Waals surface area contributed by atoms with Crippen LogP contribution < -0.4 is 21.3 Å². The number of rotatable bonds is 2. The fraction of sp³-hybridized carbons (Fsp3) is 0.250. The second kappa shape index (κ2) is 9.50. The average molecular weight is 262 g/mol. The monoisotopic (exact) mass is 261 g/mol.